The van der Waals surface area contributed by atoms with E-state index in [1.807, 2.05) is 23.6 Å². The summed E-state index contributed by atoms with van der Waals surface area (Å²) in [5, 5.41) is 4.46. The number of hydrogen-bond acceptors (Lipinski definition) is 5. The molecule has 7 nitrogen and oxygen atoms in total. The molecule has 1 atom stereocenters. The summed E-state index contributed by atoms with van der Waals surface area (Å²) >= 11 is 0. The Morgan fingerprint density at radius 3 is 2.20 bits per heavy atom. The fourth-order valence-corrected chi connectivity index (χ4v) is 2.88. The van der Waals surface area contributed by atoms with Crippen LogP contribution in [0.3, 0.4) is 0 Å². The van der Waals surface area contributed by atoms with Crippen molar-refractivity contribution in [2.24, 2.45) is 12.8 Å². The quantitative estimate of drug-likeness (QED) is 0.769. The first-order valence-electron chi connectivity index (χ1n) is 7.68. The van der Waals surface area contributed by atoms with Crippen LogP contribution in [0, 0.1) is 13.8 Å². The highest BCUT2D eigenvalue weighted by Gasteiger charge is 2.26. The zero-order valence-corrected chi connectivity index (χ0v) is 17.7. The molecule has 2 heterocycles. The standard InChI is InChI=1S/C15H27N5O2.3ClH/c1-11-13(12(2)18(3)17-11)9-19-5-7-20(8-6-19)15(21)14(16)10-22-4;;;/h14H,5-10,16H2,1-4H3;3*1H. The Morgan fingerprint density at radius 2 is 1.76 bits per heavy atom. The van der Waals surface area contributed by atoms with Crippen LogP contribution in [0.2, 0.25) is 0 Å². The first-order valence-corrected chi connectivity index (χ1v) is 7.68. The maximum absolute atomic E-state index is 12.2. The number of methoxy groups -OCH3 is 1. The average molecular weight is 419 g/mol. The number of halogens is 3. The smallest absolute Gasteiger partial charge is 0.241 e. The second-order valence-electron chi connectivity index (χ2n) is 5.94. The van der Waals surface area contributed by atoms with Gasteiger partial charge in [-0.25, -0.2) is 0 Å². The van der Waals surface area contributed by atoms with Gasteiger partial charge in [0.05, 0.1) is 12.3 Å². The molecule has 10 heteroatoms. The van der Waals surface area contributed by atoms with Gasteiger partial charge in [0.15, 0.2) is 0 Å². The van der Waals surface area contributed by atoms with Crippen LogP contribution in [-0.2, 0) is 23.1 Å². The molecule has 0 spiro atoms. The number of rotatable bonds is 5. The van der Waals surface area contributed by atoms with Crippen molar-refractivity contribution in [2.75, 3.05) is 39.9 Å². The van der Waals surface area contributed by atoms with Gasteiger partial charge in [0.2, 0.25) is 5.91 Å². The number of carbonyl (C=O) groups is 1. The summed E-state index contributed by atoms with van der Waals surface area (Å²) in [4.78, 5) is 16.4. The van der Waals surface area contributed by atoms with Gasteiger partial charge in [-0.05, 0) is 13.8 Å². The van der Waals surface area contributed by atoms with Crippen molar-refractivity contribution < 1.29 is 9.53 Å². The molecule has 2 N–H and O–H groups in total. The molecule has 1 aromatic heterocycles. The Bertz CT molecular complexity index is 533. The lowest BCUT2D eigenvalue weighted by atomic mass is 10.1. The number of ether oxygens (including phenoxy) is 1. The molecule has 0 aromatic carbocycles. The van der Waals surface area contributed by atoms with E-state index in [1.54, 1.807) is 7.11 Å². The lowest BCUT2D eigenvalue weighted by molar-refractivity contribution is -0.135. The highest BCUT2D eigenvalue weighted by atomic mass is 35.5. The van der Waals surface area contributed by atoms with Gasteiger partial charge in [-0.2, -0.15) is 5.10 Å². The summed E-state index contributed by atoms with van der Waals surface area (Å²) in [7, 11) is 3.53. The number of nitrogens with zero attached hydrogens (tertiary/aromatic N) is 4. The topological polar surface area (TPSA) is 76.6 Å². The molecule has 2 rings (SSSR count). The van der Waals surface area contributed by atoms with E-state index in [-0.39, 0.29) is 49.7 Å². The Kier molecular flexibility index (Phi) is 12.7. The number of amides is 1. The Hall–Kier alpha value is -0.570. The monoisotopic (exact) mass is 417 g/mol. The highest BCUT2D eigenvalue weighted by Crippen LogP contribution is 2.16. The number of aromatic nitrogens is 2. The van der Waals surface area contributed by atoms with Crippen LogP contribution in [0.4, 0.5) is 0 Å². The Balaban J connectivity index is 0. The molecular weight excluding hydrogens is 389 g/mol. The van der Waals surface area contributed by atoms with E-state index in [0.29, 0.717) is 13.1 Å². The summed E-state index contributed by atoms with van der Waals surface area (Å²) in [6.45, 7) is 8.46. The Morgan fingerprint density at radius 1 is 1.20 bits per heavy atom. The maximum atomic E-state index is 12.2. The largest absolute Gasteiger partial charge is 0.383 e. The fraction of sp³-hybridized carbons (Fsp3) is 0.733. The number of aryl methyl sites for hydroxylation is 2. The van der Waals surface area contributed by atoms with Gasteiger partial charge in [0.25, 0.3) is 0 Å². The van der Waals surface area contributed by atoms with Crippen molar-refractivity contribution in [3.63, 3.8) is 0 Å². The number of hydrogen-bond donors (Lipinski definition) is 1. The van der Waals surface area contributed by atoms with E-state index in [2.05, 4.69) is 16.9 Å². The van der Waals surface area contributed by atoms with Gasteiger partial charge >= 0.3 is 0 Å². The van der Waals surface area contributed by atoms with Crippen molar-refractivity contribution in [3.8, 4) is 0 Å². The summed E-state index contributed by atoms with van der Waals surface area (Å²) in [5.41, 5.74) is 9.40. The number of nitrogens with two attached hydrogens (primary N) is 1. The molecule has 1 unspecified atom stereocenters. The average Bonchev–Trinajstić information content (AvgIpc) is 2.74. The van der Waals surface area contributed by atoms with Crippen molar-refractivity contribution in [1.29, 1.82) is 0 Å². The SMILES string of the molecule is COCC(N)C(=O)N1CCN(Cc2c(C)nn(C)c2C)CC1.Cl.Cl.Cl. The molecular formula is C15H30Cl3N5O2. The summed E-state index contributed by atoms with van der Waals surface area (Å²) < 4.78 is 6.88. The van der Waals surface area contributed by atoms with Crippen molar-refractivity contribution in [2.45, 2.75) is 26.4 Å². The second-order valence-corrected chi connectivity index (χ2v) is 5.94. The normalized spacial score (nSPS) is 15.6. The molecule has 1 saturated heterocycles. The molecule has 1 fully saturated rings. The van der Waals surface area contributed by atoms with Gasteiger partial charge in [0, 0.05) is 58.1 Å². The lowest BCUT2D eigenvalue weighted by Crippen LogP contribution is -2.53. The fourth-order valence-electron chi connectivity index (χ4n) is 2.88. The predicted molar refractivity (Wildman–Crippen MR) is 106 cm³/mol. The van der Waals surface area contributed by atoms with Gasteiger partial charge in [-0.1, -0.05) is 0 Å². The van der Waals surface area contributed by atoms with Crippen LogP contribution < -0.4 is 5.73 Å². The van der Waals surface area contributed by atoms with Crippen LogP contribution in [0.1, 0.15) is 17.0 Å². The predicted octanol–water partition coefficient (Wildman–Crippen LogP) is 0.920. The molecule has 0 radical (unpaired) electrons. The first-order chi connectivity index (χ1) is 10.4. The molecule has 1 aliphatic rings. The van der Waals surface area contributed by atoms with Crippen LogP contribution >= 0.6 is 37.2 Å². The van der Waals surface area contributed by atoms with Gasteiger partial charge in [-0.15, -0.1) is 37.2 Å². The van der Waals surface area contributed by atoms with E-state index in [4.69, 9.17) is 10.5 Å². The molecule has 1 aliphatic heterocycles. The van der Waals surface area contributed by atoms with Gasteiger partial charge in [-0.3, -0.25) is 14.4 Å². The van der Waals surface area contributed by atoms with Gasteiger partial charge in [0.1, 0.15) is 6.04 Å². The van der Waals surface area contributed by atoms with Crippen molar-refractivity contribution in [1.82, 2.24) is 19.6 Å². The molecule has 0 bridgehead atoms. The van der Waals surface area contributed by atoms with Crippen LogP contribution in [0.25, 0.3) is 0 Å². The molecule has 1 amide bonds. The van der Waals surface area contributed by atoms with Crippen LogP contribution in [0.15, 0.2) is 0 Å². The summed E-state index contributed by atoms with van der Waals surface area (Å²) in [5.74, 6) is -0.0183. The summed E-state index contributed by atoms with van der Waals surface area (Å²) in [6, 6.07) is -0.556. The molecule has 25 heavy (non-hydrogen) atoms. The van der Waals surface area contributed by atoms with Crippen molar-refractivity contribution in [3.05, 3.63) is 17.0 Å². The van der Waals surface area contributed by atoms with Gasteiger partial charge < -0.3 is 15.4 Å². The highest BCUT2D eigenvalue weighted by molar-refractivity contribution is 5.86. The second kappa shape index (κ2) is 11.9. The zero-order chi connectivity index (χ0) is 16.3. The summed E-state index contributed by atoms with van der Waals surface area (Å²) in [6.07, 6.45) is 0. The van der Waals surface area contributed by atoms with E-state index >= 15 is 0 Å². The maximum Gasteiger partial charge on any atom is 0.241 e. The molecule has 148 valence electrons. The minimum Gasteiger partial charge on any atom is -0.383 e. The minimum absolute atomic E-state index is 0. The third-order valence-electron chi connectivity index (χ3n) is 4.39. The molecule has 0 aliphatic carbocycles. The number of piperazine rings is 1. The zero-order valence-electron chi connectivity index (χ0n) is 15.2. The van der Waals surface area contributed by atoms with E-state index in [1.165, 1.54) is 11.3 Å². The van der Waals surface area contributed by atoms with Crippen LogP contribution in [0.5, 0.6) is 0 Å². The number of carbonyl (C=O) groups excluding carboxylic acids is 1. The third kappa shape index (κ3) is 6.58. The van der Waals surface area contributed by atoms with E-state index in [0.717, 1.165) is 25.3 Å². The van der Waals surface area contributed by atoms with Crippen molar-refractivity contribution >= 4 is 43.1 Å². The van der Waals surface area contributed by atoms with E-state index < -0.39 is 6.04 Å². The Labute approximate surface area is 168 Å². The first kappa shape index (κ1) is 26.7. The third-order valence-corrected chi connectivity index (χ3v) is 4.39. The lowest BCUT2D eigenvalue weighted by Gasteiger charge is -2.35. The van der Waals surface area contributed by atoms with E-state index in [9.17, 15) is 4.79 Å². The molecule has 0 saturated carbocycles. The minimum atomic E-state index is -0.556. The van der Waals surface area contributed by atoms with Crippen LogP contribution in [-0.4, -0.2) is 71.4 Å². The molecule has 1 aromatic rings.